The molecule has 0 saturated heterocycles. The van der Waals surface area contributed by atoms with Crippen LogP contribution in [-0.2, 0) is 12.6 Å². The monoisotopic (exact) mass is 490 g/mol. The summed E-state index contributed by atoms with van der Waals surface area (Å²) in [6.45, 7) is 2.93. The molecule has 2 N–H and O–H groups in total. The minimum Gasteiger partial charge on any atom is -0.385 e. The molecule has 1 aliphatic carbocycles. The number of nitrogens with one attached hydrogen (secondary N) is 2. The lowest BCUT2D eigenvalue weighted by atomic mass is 10.2. The van der Waals surface area contributed by atoms with Crippen molar-refractivity contribution >= 4 is 40.1 Å². The van der Waals surface area contributed by atoms with Crippen LogP contribution in [0.5, 0.6) is 0 Å². The second-order valence-electron chi connectivity index (χ2n) is 8.92. The van der Waals surface area contributed by atoms with Crippen molar-refractivity contribution in [3.8, 4) is 0 Å². The summed E-state index contributed by atoms with van der Waals surface area (Å²) >= 11 is 0. The normalized spacial score (nSPS) is 13.9. The van der Waals surface area contributed by atoms with E-state index in [0.29, 0.717) is 23.7 Å². The number of nitrogens with zero attached hydrogens (tertiary/aromatic N) is 4. The molecule has 0 spiro atoms. The smallest absolute Gasteiger partial charge is 0.385 e. The molecular formula is C27H25F3N6. The number of benzene rings is 2. The van der Waals surface area contributed by atoms with Gasteiger partial charge in [0, 0.05) is 41.6 Å². The molecule has 4 aromatic rings. The zero-order valence-electron chi connectivity index (χ0n) is 19.7. The molecule has 184 valence electrons. The van der Waals surface area contributed by atoms with Crippen molar-refractivity contribution in [1.82, 2.24) is 15.0 Å². The predicted octanol–water partition coefficient (Wildman–Crippen LogP) is 6.86. The summed E-state index contributed by atoms with van der Waals surface area (Å²) in [5, 5.41) is 7.42. The van der Waals surface area contributed by atoms with Crippen LogP contribution in [-0.4, -0.2) is 27.7 Å². The number of aliphatic imine (C=N–C) groups is 1. The van der Waals surface area contributed by atoms with Gasteiger partial charge in [-0.2, -0.15) is 13.2 Å². The maximum Gasteiger partial charge on any atom is 0.416 e. The summed E-state index contributed by atoms with van der Waals surface area (Å²) in [6.07, 6.45) is 1.96. The molecule has 2 heterocycles. The van der Waals surface area contributed by atoms with Crippen LogP contribution >= 0.6 is 0 Å². The average molecular weight is 491 g/mol. The molecule has 1 saturated carbocycles. The zero-order chi connectivity index (χ0) is 25.1. The number of aryl methyl sites for hydroxylation is 1. The summed E-state index contributed by atoms with van der Waals surface area (Å²) in [6, 6.07) is 14.7. The van der Waals surface area contributed by atoms with Gasteiger partial charge in [0.2, 0.25) is 5.95 Å². The molecule has 5 rings (SSSR count). The van der Waals surface area contributed by atoms with E-state index in [9.17, 15) is 13.2 Å². The Kier molecular flexibility index (Phi) is 6.54. The van der Waals surface area contributed by atoms with Crippen molar-refractivity contribution in [2.75, 3.05) is 17.2 Å². The van der Waals surface area contributed by atoms with Gasteiger partial charge in [-0.05, 0) is 74.2 Å². The van der Waals surface area contributed by atoms with E-state index in [2.05, 4.69) is 36.6 Å². The van der Waals surface area contributed by atoms with E-state index in [-0.39, 0.29) is 0 Å². The maximum absolute atomic E-state index is 12.9. The van der Waals surface area contributed by atoms with Crippen molar-refractivity contribution in [2.24, 2.45) is 10.9 Å². The van der Waals surface area contributed by atoms with Crippen LogP contribution in [0.25, 0.3) is 10.9 Å². The number of rotatable bonds is 8. The largest absolute Gasteiger partial charge is 0.416 e. The minimum absolute atomic E-state index is 0.343. The third kappa shape index (κ3) is 5.97. The van der Waals surface area contributed by atoms with E-state index in [1.54, 1.807) is 30.6 Å². The fraction of sp³-hybridized carbons (Fsp3) is 0.259. The molecule has 0 atom stereocenters. The van der Waals surface area contributed by atoms with Crippen molar-refractivity contribution in [2.45, 2.75) is 32.4 Å². The predicted molar refractivity (Wildman–Crippen MR) is 136 cm³/mol. The molecule has 36 heavy (non-hydrogen) atoms. The highest BCUT2D eigenvalue weighted by atomic mass is 19.4. The molecule has 0 bridgehead atoms. The van der Waals surface area contributed by atoms with Gasteiger partial charge in [0.15, 0.2) is 0 Å². The number of anilines is 3. The SMILES string of the molecule is Cc1nc(N=CCc2ccc(Nc3cccc(C(F)(F)F)c3)cn2)nc2cc(NCC3CC3)ccc12. The number of fused-ring (bicyclic) bond motifs is 1. The molecule has 0 unspecified atom stereocenters. The second-order valence-corrected chi connectivity index (χ2v) is 8.92. The fourth-order valence-electron chi connectivity index (χ4n) is 3.80. The zero-order valence-corrected chi connectivity index (χ0v) is 19.7. The second kappa shape index (κ2) is 9.93. The van der Waals surface area contributed by atoms with E-state index in [1.165, 1.54) is 18.9 Å². The Hall–Kier alpha value is -4.01. The van der Waals surface area contributed by atoms with E-state index >= 15 is 0 Å². The molecule has 2 aromatic carbocycles. The van der Waals surface area contributed by atoms with Gasteiger partial charge >= 0.3 is 6.18 Å². The van der Waals surface area contributed by atoms with Crippen molar-refractivity contribution in [3.05, 3.63) is 77.7 Å². The summed E-state index contributed by atoms with van der Waals surface area (Å²) < 4.78 is 38.7. The molecule has 2 aromatic heterocycles. The topological polar surface area (TPSA) is 75.1 Å². The Morgan fingerprint density at radius 2 is 1.83 bits per heavy atom. The number of aromatic nitrogens is 3. The number of alkyl halides is 3. The molecule has 6 nitrogen and oxygen atoms in total. The highest BCUT2D eigenvalue weighted by molar-refractivity contribution is 5.85. The van der Waals surface area contributed by atoms with Gasteiger partial charge in [-0.1, -0.05) is 6.07 Å². The number of halogens is 3. The van der Waals surface area contributed by atoms with Crippen molar-refractivity contribution in [3.63, 3.8) is 0 Å². The molecule has 9 heteroatoms. The van der Waals surface area contributed by atoms with E-state index in [0.717, 1.165) is 52.6 Å². The van der Waals surface area contributed by atoms with Crippen LogP contribution in [0.4, 0.5) is 36.2 Å². The van der Waals surface area contributed by atoms with E-state index in [1.807, 2.05) is 19.1 Å². The number of hydrogen-bond acceptors (Lipinski definition) is 6. The van der Waals surface area contributed by atoms with Crippen molar-refractivity contribution in [1.29, 1.82) is 0 Å². The van der Waals surface area contributed by atoms with Gasteiger partial charge in [-0.15, -0.1) is 0 Å². The summed E-state index contributed by atoms with van der Waals surface area (Å²) in [5.41, 5.74) is 3.75. The van der Waals surface area contributed by atoms with Gasteiger partial charge in [-0.3, -0.25) is 4.98 Å². The Labute approximate surface area is 206 Å². The highest BCUT2D eigenvalue weighted by Crippen LogP contribution is 2.32. The number of pyridine rings is 1. The van der Waals surface area contributed by atoms with Gasteiger partial charge in [0.25, 0.3) is 0 Å². The summed E-state index contributed by atoms with van der Waals surface area (Å²) in [5.74, 6) is 1.18. The number of hydrogen-bond donors (Lipinski definition) is 2. The van der Waals surface area contributed by atoms with Gasteiger partial charge in [-0.25, -0.2) is 15.0 Å². The Morgan fingerprint density at radius 3 is 2.58 bits per heavy atom. The first-order chi connectivity index (χ1) is 17.3. The Bertz CT molecular complexity index is 1400. The van der Waals surface area contributed by atoms with Gasteiger partial charge in [0.05, 0.1) is 28.7 Å². The third-order valence-electron chi connectivity index (χ3n) is 5.98. The van der Waals surface area contributed by atoms with Crippen LogP contribution < -0.4 is 10.6 Å². The summed E-state index contributed by atoms with van der Waals surface area (Å²) in [4.78, 5) is 17.9. The van der Waals surface area contributed by atoms with Gasteiger partial charge in [0.1, 0.15) is 0 Å². The highest BCUT2D eigenvalue weighted by Gasteiger charge is 2.30. The molecule has 0 radical (unpaired) electrons. The first kappa shape index (κ1) is 23.7. The van der Waals surface area contributed by atoms with Gasteiger partial charge < -0.3 is 10.6 Å². The Balaban J connectivity index is 1.22. The molecule has 1 fully saturated rings. The third-order valence-corrected chi connectivity index (χ3v) is 5.98. The van der Waals surface area contributed by atoms with Crippen LogP contribution in [0.3, 0.4) is 0 Å². The Morgan fingerprint density at radius 1 is 1.00 bits per heavy atom. The first-order valence-corrected chi connectivity index (χ1v) is 11.8. The lowest BCUT2D eigenvalue weighted by Crippen LogP contribution is -2.05. The van der Waals surface area contributed by atoms with E-state index in [4.69, 9.17) is 0 Å². The lowest BCUT2D eigenvalue weighted by Gasteiger charge is -2.10. The standard InChI is InChI=1S/C27H25F3N6/c1-17-24-10-9-21(32-15-18-5-6-18)14-25(24)36-26(34-17)31-12-11-20-7-8-23(16-33-20)35-22-4-2-3-19(13-22)27(28,29)30/h2-4,7-10,12-14,16,18,32,35H,5-6,11,15H2,1H3. The fourth-order valence-corrected chi connectivity index (χ4v) is 3.80. The van der Waals surface area contributed by atoms with Crippen LogP contribution in [0.2, 0.25) is 0 Å². The maximum atomic E-state index is 12.9. The average Bonchev–Trinajstić information content (AvgIpc) is 3.68. The minimum atomic E-state index is -4.39. The summed E-state index contributed by atoms with van der Waals surface area (Å²) in [7, 11) is 0. The molecule has 0 aliphatic heterocycles. The quantitative estimate of drug-likeness (QED) is 0.264. The lowest BCUT2D eigenvalue weighted by molar-refractivity contribution is -0.137. The van der Waals surface area contributed by atoms with Crippen molar-refractivity contribution < 1.29 is 13.2 Å². The molecule has 0 amide bonds. The van der Waals surface area contributed by atoms with Crippen LogP contribution in [0.1, 0.15) is 29.8 Å². The van der Waals surface area contributed by atoms with E-state index < -0.39 is 11.7 Å². The van der Waals surface area contributed by atoms with Crippen LogP contribution in [0.15, 0.2) is 65.8 Å². The van der Waals surface area contributed by atoms with Crippen LogP contribution in [0, 0.1) is 12.8 Å². The molecular weight excluding hydrogens is 465 g/mol. The first-order valence-electron chi connectivity index (χ1n) is 11.8. The molecule has 1 aliphatic rings.